The van der Waals surface area contributed by atoms with Crippen LogP contribution >= 0.6 is 0 Å². The number of hydrogen-bond donors (Lipinski definition) is 2. The summed E-state index contributed by atoms with van der Waals surface area (Å²) >= 11 is 0. The Balaban J connectivity index is 2.01. The van der Waals surface area contributed by atoms with E-state index in [1.54, 1.807) is 6.33 Å². The summed E-state index contributed by atoms with van der Waals surface area (Å²) in [6.45, 7) is -0.0881. The molecule has 2 N–H and O–H groups in total. The molecule has 0 saturated heterocycles. The molecule has 0 radical (unpaired) electrons. The van der Waals surface area contributed by atoms with Gasteiger partial charge in [0, 0.05) is 19.2 Å². The molecule has 0 amide bonds. The molecule has 1 heterocycles. The molecule has 0 saturated carbocycles. The van der Waals surface area contributed by atoms with Gasteiger partial charge in [-0.25, -0.2) is 4.98 Å². The summed E-state index contributed by atoms with van der Waals surface area (Å²) in [5.41, 5.74) is 3.19. The molecular formula is C25H24N2O2. The van der Waals surface area contributed by atoms with Crippen molar-refractivity contribution in [3.05, 3.63) is 126 Å². The molecule has 0 fully saturated rings. The lowest BCUT2D eigenvalue weighted by atomic mass is 9.77. The first kappa shape index (κ1) is 19.1. The first-order valence-electron chi connectivity index (χ1n) is 9.76. The summed E-state index contributed by atoms with van der Waals surface area (Å²) in [6.07, 6.45) is 3.10. The highest BCUT2D eigenvalue weighted by Crippen LogP contribution is 2.41. The van der Waals surface area contributed by atoms with Crippen molar-refractivity contribution in [3.8, 4) is 0 Å². The van der Waals surface area contributed by atoms with Crippen molar-refractivity contribution in [2.75, 3.05) is 6.61 Å². The van der Waals surface area contributed by atoms with E-state index >= 15 is 0 Å². The molecule has 29 heavy (non-hydrogen) atoms. The van der Waals surface area contributed by atoms with Gasteiger partial charge in [-0.2, -0.15) is 0 Å². The fraction of sp³-hybridized carbons (Fsp3) is 0.160. The predicted octanol–water partition coefficient (Wildman–Crippen LogP) is 4.14. The molecule has 0 aliphatic heterocycles. The lowest BCUT2D eigenvalue weighted by molar-refractivity contribution is 0.131. The Morgan fingerprint density at radius 2 is 1.21 bits per heavy atom. The zero-order chi connectivity index (χ0) is 20.1. The molecule has 146 valence electrons. The van der Waals surface area contributed by atoms with Crippen LogP contribution in [0.5, 0.6) is 0 Å². The Morgan fingerprint density at radius 1 is 0.759 bits per heavy atom. The number of aliphatic hydroxyl groups is 2. The van der Waals surface area contributed by atoms with Crippen LogP contribution in [-0.2, 0) is 5.54 Å². The first-order chi connectivity index (χ1) is 14.3. The fourth-order valence-electron chi connectivity index (χ4n) is 3.95. The topological polar surface area (TPSA) is 58.3 Å². The van der Waals surface area contributed by atoms with E-state index in [4.69, 9.17) is 0 Å². The van der Waals surface area contributed by atoms with Crippen LogP contribution in [0, 0.1) is 0 Å². The highest BCUT2D eigenvalue weighted by atomic mass is 16.3. The summed E-state index contributed by atoms with van der Waals surface area (Å²) in [7, 11) is 0. The van der Waals surface area contributed by atoms with Crippen molar-refractivity contribution in [2.24, 2.45) is 0 Å². The summed E-state index contributed by atoms with van der Waals surface area (Å²) in [5, 5.41) is 19.6. The zero-order valence-electron chi connectivity index (χ0n) is 16.1. The Labute approximate surface area is 170 Å². The summed E-state index contributed by atoms with van der Waals surface area (Å²) < 4.78 is 2.06. The number of aliphatic hydroxyl groups excluding tert-OH is 2. The average molecular weight is 384 g/mol. The van der Waals surface area contributed by atoms with Gasteiger partial charge in [0.2, 0.25) is 0 Å². The first-order valence-corrected chi connectivity index (χ1v) is 9.76. The second-order valence-electron chi connectivity index (χ2n) is 7.04. The van der Waals surface area contributed by atoms with Crippen molar-refractivity contribution in [1.29, 1.82) is 0 Å². The predicted molar refractivity (Wildman–Crippen MR) is 113 cm³/mol. The van der Waals surface area contributed by atoms with Crippen LogP contribution in [0.25, 0.3) is 0 Å². The lowest BCUT2D eigenvalue weighted by Crippen LogP contribution is -2.37. The van der Waals surface area contributed by atoms with E-state index in [1.165, 1.54) is 0 Å². The normalized spacial score (nSPS) is 12.6. The fourth-order valence-corrected chi connectivity index (χ4v) is 3.95. The largest absolute Gasteiger partial charge is 0.396 e. The molecule has 0 unspecified atom stereocenters. The maximum atomic E-state index is 10.4. The quantitative estimate of drug-likeness (QED) is 0.471. The molecule has 4 aromatic rings. The molecule has 0 aliphatic rings. The summed E-state index contributed by atoms with van der Waals surface area (Å²) in [4.78, 5) is 4.48. The van der Waals surface area contributed by atoms with Gasteiger partial charge >= 0.3 is 0 Å². The van der Waals surface area contributed by atoms with E-state index < -0.39 is 11.6 Å². The van der Waals surface area contributed by atoms with Gasteiger partial charge in [-0.15, -0.1) is 0 Å². The smallest absolute Gasteiger partial charge is 0.121 e. The number of hydrogen-bond acceptors (Lipinski definition) is 3. The van der Waals surface area contributed by atoms with E-state index in [9.17, 15) is 10.2 Å². The van der Waals surface area contributed by atoms with Crippen LogP contribution in [0.1, 0.15) is 34.9 Å². The number of rotatable bonds is 7. The van der Waals surface area contributed by atoms with E-state index in [0.717, 1.165) is 16.7 Å². The zero-order valence-corrected chi connectivity index (χ0v) is 16.1. The third kappa shape index (κ3) is 3.48. The average Bonchev–Trinajstić information content (AvgIpc) is 3.27. The van der Waals surface area contributed by atoms with E-state index in [1.807, 2.05) is 60.8 Å². The molecule has 0 spiro atoms. The minimum Gasteiger partial charge on any atom is -0.396 e. The van der Waals surface area contributed by atoms with Crippen LogP contribution in [0.3, 0.4) is 0 Å². The molecule has 4 rings (SSSR count). The number of nitrogens with zero attached hydrogens (tertiary/aromatic N) is 2. The maximum Gasteiger partial charge on any atom is 0.121 e. The van der Waals surface area contributed by atoms with Crippen molar-refractivity contribution in [1.82, 2.24) is 9.55 Å². The van der Waals surface area contributed by atoms with E-state index in [-0.39, 0.29) is 13.0 Å². The van der Waals surface area contributed by atoms with Gasteiger partial charge in [0.15, 0.2) is 0 Å². The number of benzene rings is 3. The Hall–Kier alpha value is -3.21. The van der Waals surface area contributed by atoms with Gasteiger partial charge in [-0.05, 0) is 16.7 Å². The van der Waals surface area contributed by atoms with E-state index in [0.29, 0.717) is 5.69 Å². The number of imidazole rings is 1. The van der Waals surface area contributed by atoms with Crippen LogP contribution in [0.4, 0.5) is 0 Å². The Bertz CT molecular complexity index is 933. The third-order valence-corrected chi connectivity index (χ3v) is 5.31. The molecule has 1 aromatic heterocycles. The van der Waals surface area contributed by atoms with Gasteiger partial charge in [0.1, 0.15) is 5.54 Å². The Morgan fingerprint density at radius 3 is 1.62 bits per heavy atom. The summed E-state index contributed by atoms with van der Waals surface area (Å²) in [6, 6.07) is 30.9. The van der Waals surface area contributed by atoms with Crippen molar-refractivity contribution < 1.29 is 10.2 Å². The van der Waals surface area contributed by atoms with Crippen LogP contribution in [0.15, 0.2) is 104 Å². The van der Waals surface area contributed by atoms with Gasteiger partial charge < -0.3 is 14.8 Å². The lowest BCUT2D eigenvalue weighted by Gasteiger charge is -2.37. The second kappa shape index (κ2) is 8.43. The van der Waals surface area contributed by atoms with Crippen LogP contribution in [0.2, 0.25) is 0 Å². The maximum absolute atomic E-state index is 10.4. The van der Waals surface area contributed by atoms with Gasteiger partial charge in [-0.3, -0.25) is 0 Å². The molecule has 3 aromatic carbocycles. The minimum atomic E-state index is -0.804. The van der Waals surface area contributed by atoms with Crippen molar-refractivity contribution in [3.63, 3.8) is 0 Å². The standard InChI is InChI=1S/C25H24N2O2/c28-17-16-24(29)23-18-27(19-26-23)25(20-10-4-1-5-11-20,21-12-6-2-7-13-21)22-14-8-3-9-15-22/h1-15,18-19,24,28-29H,16-17H2/t24-/m0/s1. The molecule has 1 atom stereocenters. The molecule has 0 bridgehead atoms. The summed E-state index contributed by atoms with van der Waals surface area (Å²) in [5.74, 6) is 0. The monoisotopic (exact) mass is 384 g/mol. The molecule has 4 nitrogen and oxygen atoms in total. The minimum absolute atomic E-state index is 0.0881. The van der Waals surface area contributed by atoms with Gasteiger partial charge in [0.05, 0.1) is 18.1 Å². The van der Waals surface area contributed by atoms with Gasteiger partial charge in [-0.1, -0.05) is 91.0 Å². The van der Waals surface area contributed by atoms with Crippen molar-refractivity contribution >= 4 is 0 Å². The SMILES string of the molecule is OCC[C@H](O)c1cn(C(c2ccccc2)(c2ccccc2)c2ccccc2)cn1. The van der Waals surface area contributed by atoms with Crippen LogP contribution < -0.4 is 0 Å². The second-order valence-corrected chi connectivity index (χ2v) is 7.04. The molecular weight excluding hydrogens is 360 g/mol. The molecule has 0 aliphatic carbocycles. The molecule has 4 heteroatoms. The van der Waals surface area contributed by atoms with Crippen LogP contribution in [-0.4, -0.2) is 26.4 Å². The third-order valence-electron chi connectivity index (χ3n) is 5.31. The van der Waals surface area contributed by atoms with E-state index in [2.05, 4.69) is 45.9 Å². The van der Waals surface area contributed by atoms with Gasteiger partial charge in [0.25, 0.3) is 0 Å². The Kier molecular flexibility index (Phi) is 5.56. The highest BCUT2D eigenvalue weighted by molar-refractivity contribution is 5.50. The number of aromatic nitrogens is 2. The highest BCUT2D eigenvalue weighted by Gasteiger charge is 2.38. The van der Waals surface area contributed by atoms with Crippen molar-refractivity contribution in [2.45, 2.75) is 18.1 Å².